The first-order valence-electron chi connectivity index (χ1n) is 14.2. The summed E-state index contributed by atoms with van der Waals surface area (Å²) in [5.41, 5.74) is 5.37. The normalized spacial score (nSPS) is 24.2. The van der Waals surface area contributed by atoms with E-state index in [9.17, 15) is 19.2 Å². The predicted octanol–water partition coefficient (Wildman–Crippen LogP) is 0.0741. The lowest BCUT2D eigenvalue weighted by Gasteiger charge is -2.53. The van der Waals surface area contributed by atoms with Crippen LogP contribution in [0.1, 0.15) is 47.0 Å². The quantitative estimate of drug-likeness (QED) is 0.422. The van der Waals surface area contributed by atoms with Gasteiger partial charge >= 0.3 is 0 Å². The van der Waals surface area contributed by atoms with E-state index in [0.29, 0.717) is 45.0 Å². The Kier molecular flexibility index (Phi) is 9.56. The van der Waals surface area contributed by atoms with Crippen LogP contribution in [0.25, 0.3) is 0 Å². The van der Waals surface area contributed by atoms with Crippen LogP contribution in [-0.2, 0) is 24.0 Å². The molecule has 4 heterocycles. The molecule has 40 heavy (non-hydrogen) atoms. The van der Waals surface area contributed by atoms with E-state index >= 15 is 0 Å². The van der Waals surface area contributed by atoms with Crippen LogP contribution >= 0.6 is 0 Å². The third kappa shape index (κ3) is 6.87. The second kappa shape index (κ2) is 12.9. The maximum atomic E-state index is 13.8. The molecule has 2 N–H and O–H groups in total. The highest BCUT2D eigenvalue weighted by atomic mass is 16.7. The number of primary amides is 1. The lowest BCUT2D eigenvalue weighted by Crippen LogP contribution is -2.74. The third-order valence-corrected chi connectivity index (χ3v) is 7.50. The van der Waals surface area contributed by atoms with Crippen molar-refractivity contribution in [3.05, 3.63) is 18.5 Å². The number of nitrogens with two attached hydrogens (primary N) is 1. The van der Waals surface area contributed by atoms with E-state index in [0.717, 1.165) is 0 Å². The minimum absolute atomic E-state index is 0.000982. The first-order valence-corrected chi connectivity index (χ1v) is 14.2. The summed E-state index contributed by atoms with van der Waals surface area (Å²) >= 11 is 0. The molecule has 0 radical (unpaired) electrons. The zero-order valence-electron chi connectivity index (χ0n) is 23.9. The molecular formula is C27H42N8O5. The molecule has 1 aromatic heterocycles. The van der Waals surface area contributed by atoms with Gasteiger partial charge in [0.15, 0.2) is 12.3 Å². The van der Waals surface area contributed by atoms with Crippen molar-refractivity contribution in [2.45, 2.75) is 65.3 Å². The number of carbonyl (C=O) groups excluding carboxylic acids is 4. The molecule has 13 heteroatoms. The average molecular weight is 559 g/mol. The molecule has 220 valence electrons. The van der Waals surface area contributed by atoms with Crippen LogP contribution in [0.4, 0.5) is 5.95 Å². The Morgan fingerprint density at radius 3 is 2.25 bits per heavy atom. The lowest BCUT2D eigenvalue weighted by atomic mass is 9.95. The zero-order valence-corrected chi connectivity index (χ0v) is 23.9. The van der Waals surface area contributed by atoms with Gasteiger partial charge in [0.25, 0.3) is 11.8 Å². The number of carbonyl (C=O) groups is 4. The Morgan fingerprint density at radius 2 is 1.65 bits per heavy atom. The minimum Gasteiger partial charge on any atom is -0.370 e. The molecule has 0 aromatic carbocycles. The molecule has 13 nitrogen and oxygen atoms in total. The van der Waals surface area contributed by atoms with Crippen molar-refractivity contribution in [2.24, 2.45) is 17.6 Å². The molecule has 0 saturated carbocycles. The van der Waals surface area contributed by atoms with E-state index in [-0.39, 0.29) is 55.6 Å². The van der Waals surface area contributed by atoms with Crippen molar-refractivity contribution >= 4 is 29.6 Å². The molecule has 3 fully saturated rings. The Morgan fingerprint density at radius 1 is 1.00 bits per heavy atom. The van der Waals surface area contributed by atoms with Gasteiger partial charge in [0.1, 0.15) is 6.04 Å². The Balaban J connectivity index is 1.54. The van der Waals surface area contributed by atoms with Crippen LogP contribution in [0.2, 0.25) is 0 Å². The highest BCUT2D eigenvalue weighted by Crippen LogP contribution is 2.32. The van der Waals surface area contributed by atoms with Crippen LogP contribution in [0.5, 0.6) is 0 Å². The van der Waals surface area contributed by atoms with Gasteiger partial charge in [-0.3, -0.25) is 28.9 Å². The Labute approximate surface area is 235 Å². The molecule has 0 spiro atoms. The number of aromatic nitrogens is 2. The van der Waals surface area contributed by atoms with Crippen LogP contribution in [0.15, 0.2) is 18.5 Å². The fourth-order valence-corrected chi connectivity index (χ4v) is 5.54. The van der Waals surface area contributed by atoms with Crippen LogP contribution in [-0.4, -0.2) is 117 Å². The Hall–Kier alpha value is -3.32. The van der Waals surface area contributed by atoms with Crippen molar-refractivity contribution in [1.82, 2.24) is 29.7 Å². The van der Waals surface area contributed by atoms with Crippen molar-refractivity contribution in [3.8, 4) is 0 Å². The standard InChI is InChI=1S/C27H42N8O5/c1-18(2)14-20-25(38)33(9-6-22(28)36)16-23-34(20)26(39)21(15-19(3)4)40-35(23)24(37)17-31-10-12-32(13-11-31)27-29-7-5-8-30-27/h5,7-8,18-21,23H,6,9-17H2,1-4H3,(H2,28,36)/t20-,21+,23?/m0/s1. The highest BCUT2D eigenvalue weighted by Gasteiger charge is 2.52. The van der Waals surface area contributed by atoms with Gasteiger partial charge in [-0.2, -0.15) is 5.06 Å². The first kappa shape index (κ1) is 29.7. The smallest absolute Gasteiger partial charge is 0.262 e. The number of hydrogen-bond donors (Lipinski definition) is 1. The molecule has 3 aliphatic heterocycles. The molecule has 4 amide bonds. The molecule has 3 saturated heterocycles. The zero-order chi connectivity index (χ0) is 29.0. The van der Waals surface area contributed by atoms with Crippen molar-refractivity contribution in [3.63, 3.8) is 0 Å². The number of nitrogens with zero attached hydrogens (tertiary/aromatic N) is 7. The highest BCUT2D eigenvalue weighted by molar-refractivity contribution is 5.92. The second-order valence-corrected chi connectivity index (χ2v) is 11.6. The van der Waals surface area contributed by atoms with Crippen LogP contribution < -0.4 is 10.6 Å². The summed E-state index contributed by atoms with van der Waals surface area (Å²) in [5.74, 6) is -0.350. The van der Waals surface area contributed by atoms with Gasteiger partial charge in [-0.15, -0.1) is 0 Å². The number of hydroxylamine groups is 2. The maximum Gasteiger partial charge on any atom is 0.262 e. The first-order chi connectivity index (χ1) is 19.0. The number of fused-ring (bicyclic) bond motifs is 1. The summed E-state index contributed by atoms with van der Waals surface area (Å²) in [7, 11) is 0. The van der Waals surface area contributed by atoms with E-state index < -0.39 is 24.2 Å². The van der Waals surface area contributed by atoms with Gasteiger partial charge in [0.2, 0.25) is 17.8 Å². The monoisotopic (exact) mass is 558 g/mol. The molecule has 3 atom stereocenters. The average Bonchev–Trinajstić information content (AvgIpc) is 2.91. The number of piperazine rings is 2. The van der Waals surface area contributed by atoms with E-state index in [1.54, 1.807) is 23.4 Å². The van der Waals surface area contributed by atoms with Crippen molar-refractivity contribution < 1.29 is 24.0 Å². The third-order valence-electron chi connectivity index (χ3n) is 7.50. The number of hydrogen-bond acceptors (Lipinski definition) is 9. The van der Waals surface area contributed by atoms with Crippen molar-refractivity contribution in [1.29, 1.82) is 0 Å². The summed E-state index contributed by atoms with van der Waals surface area (Å²) in [5, 5.41) is 1.32. The Bertz CT molecular complexity index is 1060. The summed E-state index contributed by atoms with van der Waals surface area (Å²) in [6, 6.07) is 1.03. The van der Waals surface area contributed by atoms with Gasteiger partial charge in [-0.1, -0.05) is 27.7 Å². The summed E-state index contributed by atoms with van der Waals surface area (Å²) in [6.07, 6.45) is 2.65. The molecule has 0 bridgehead atoms. The topological polar surface area (TPSA) is 146 Å². The second-order valence-electron chi connectivity index (χ2n) is 11.6. The lowest BCUT2D eigenvalue weighted by molar-refractivity contribution is -0.277. The van der Waals surface area contributed by atoms with Gasteiger partial charge in [-0.05, 0) is 30.7 Å². The van der Waals surface area contributed by atoms with Crippen LogP contribution in [0.3, 0.4) is 0 Å². The van der Waals surface area contributed by atoms with Gasteiger partial charge < -0.3 is 20.4 Å². The van der Waals surface area contributed by atoms with Crippen molar-refractivity contribution in [2.75, 3.05) is 50.7 Å². The maximum absolute atomic E-state index is 13.8. The van der Waals surface area contributed by atoms with Gasteiger partial charge in [0.05, 0.1) is 13.1 Å². The molecule has 3 aliphatic rings. The van der Waals surface area contributed by atoms with Crippen LogP contribution in [0, 0.1) is 11.8 Å². The molecule has 1 aromatic rings. The van der Waals surface area contributed by atoms with Gasteiger partial charge in [0, 0.05) is 51.5 Å². The number of rotatable bonds is 10. The van der Waals surface area contributed by atoms with E-state index in [4.69, 9.17) is 10.6 Å². The molecule has 0 aliphatic carbocycles. The predicted molar refractivity (Wildman–Crippen MR) is 146 cm³/mol. The summed E-state index contributed by atoms with van der Waals surface area (Å²) < 4.78 is 0. The molecule has 1 unspecified atom stereocenters. The van der Waals surface area contributed by atoms with E-state index in [1.165, 1.54) is 9.96 Å². The largest absolute Gasteiger partial charge is 0.370 e. The number of amides is 4. The SMILES string of the molecule is CC(C)C[C@H]1ON(C(=O)CN2CCN(c3ncccn3)CC2)C2CN(CCC(N)=O)C(=O)[C@H](CC(C)C)N2C1=O. The minimum atomic E-state index is -0.855. The van der Waals surface area contributed by atoms with E-state index in [1.807, 2.05) is 32.6 Å². The fraction of sp³-hybridized carbons (Fsp3) is 0.704. The molecule has 4 rings (SSSR count). The number of anilines is 1. The van der Waals surface area contributed by atoms with Gasteiger partial charge in [-0.25, -0.2) is 9.97 Å². The summed E-state index contributed by atoms with van der Waals surface area (Å²) in [4.78, 5) is 74.6. The fourth-order valence-electron chi connectivity index (χ4n) is 5.54. The summed E-state index contributed by atoms with van der Waals surface area (Å²) in [6.45, 7) is 10.9. The van der Waals surface area contributed by atoms with E-state index in [2.05, 4.69) is 14.9 Å². The molecular weight excluding hydrogens is 516 g/mol.